The molecule has 5 nitrogen and oxygen atoms in total. The summed E-state index contributed by atoms with van der Waals surface area (Å²) in [4.78, 5) is 10.1. The highest BCUT2D eigenvalue weighted by Crippen LogP contribution is 2.25. The fraction of sp³-hybridized carbons (Fsp3) is 0. The van der Waals surface area contributed by atoms with Crippen LogP contribution >= 0.6 is 0 Å². The zero-order valence-corrected chi connectivity index (χ0v) is 7.04. The van der Waals surface area contributed by atoms with Crippen molar-refractivity contribution in [3.63, 3.8) is 0 Å². The quantitative estimate of drug-likeness (QED) is 0.485. The van der Waals surface area contributed by atoms with Gasteiger partial charge < -0.3 is 15.3 Å². The number of carbonyl (C=O) groups is 1. The van der Waals surface area contributed by atoms with Crippen molar-refractivity contribution < 1.29 is 25.6 Å². The molecule has 3 N–H and O–H groups in total. The monoisotopic (exact) mass is 196 g/mol. The van der Waals surface area contributed by atoms with Gasteiger partial charge in [-0.05, 0) is 23.8 Å². The van der Waals surface area contributed by atoms with E-state index < -0.39 is 5.97 Å². The molecule has 0 atom stereocenters. The third kappa shape index (κ3) is 3.16. The maximum Gasteiger partial charge on any atom is 0.328 e. The Morgan fingerprint density at radius 1 is 1.21 bits per heavy atom. The number of benzene rings is 1. The number of hydrogen-bond donors (Lipinski definition) is 3. The van der Waals surface area contributed by atoms with Crippen LogP contribution in [-0.4, -0.2) is 21.3 Å². The number of aliphatic carboxylic acids is 1. The van der Waals surface area contributed by atoms with E-state index in [9.17, 15) is 4.79 Å². The molecule has 0 fully saturated rings. The standard InChI is InChI=1S/C9H8O4.O/c10-7-3-1-6(5-8(7)11)2-4-9(12)13;/h1-5,10-11H,(H,12,13);/b4-2+;. The molecule has 0 amide bonds. The molecule has 0 saturated heterocycles. The van der Waals surface area contributed by atoms with Crippen molar-refractivity contribution >= 4 is 12.0 Å². The Morgan fingerprint density at radius 2 is 1.86 bits per heavy atom. The summed E-state index contributed by atoms with van der Waals surface area (Å²) in [6, 6.07) is 4.06. The van der Waals surface area contributed by atoms with Crippen LogP contribution < -0.4 is 0 Å². The van der Waals surface area contributed by atoms with E-state index in [2.05, 4.69) is 0 Å². The number of carboxylic acid groups (broad SMARTS) is 1. The molecule has 74 valence electrons. The van der Waals surface area contributed by atoms with Gasteiger partial charge in [0.1, 0.15) is 0 Å². The Kier molecular flexibility index (Phi) is 4.18. The van der Waals surface area contributed by atoms with Gasteiger partial charge >= 0.3 is 5.97 Å². The lowest BCUT2D eigenvalue weighted by Gasteiger charge is -1.97. The number of aromatic hydroxyl groups is 2. The number of phenolic OH excluding ortho intramolecular Hbond substituents is 2. The lowest BCUT2D eigenvalue weighted by molar-refractivity contribution is -0.131. The molecular weight excluding hydrogens is 188 g/mol. The topological polar surface area (TPSA) is 106 Å². The zero-order chi connectivity index (χ0) is 9.84. The first-order chi connectivity index (χ1) is 6.09. The minimum Gasteiger partial charge on any atom is -0.504 e. The Labute approximate surface area is 79.9 Å². The minimum atomic E-state index is -1.06. The first-order valence-corrected chi connectivity index (χ1v) is 3.52. The lowest BCUT2D eigenvalue weighted by Crippen LogP contribution is -1.85. The van der Waals surface area contributed by atoms with Crippen LogP contribution in [-0.2, 0) is 10.3 Å². The molecule has 0 unspecified atom stereocenters. The summed E-state index contributed by atoms with van der Waals surface area (Å²) in [6.07, 6.45) is 2.27. The molecule has 2 radical (unpaired) electrons. The Balaban J connectivity index is 0.00000169. The molecule has 1 aromatic carbocycles. The second-order valence-corrected chi connectivity index (χ2v) is 2.42. The summed E-state index contributed by atoms with van der Waals surface area (Å²) in [6.45, 7) is 0. The predicted molar refractivity (Wildman–Crippen MR) is 47.1 cm³/mol. The molecule has 0 spiro atoms. The van der Waals surface area contributed by atoms with Gasteiger partial charge in [0, 0.05) is 11.6 Å². The number of rotatable bonds is 2. The molecule has 0 saturated carbocycles. The molecule has 0 aliphatic carbocycles. The van der Waals surface area contributed by atoms with Crippen LogP contribution in [0, 0.1) is 0 Å². The number of carboxylic acids is 1. The van der Waals surface area contributed by atoms with Gasteiger partial charge in [0.15, 0.2) is 11.5 Å². The SMILES string of the molecule is O=C(O)/C=C/c1ccc(O)c(O)c1.[O]. The third-order valence-corrected chi connectivity index (χ3v) is 1.42. The first-order valence-electron chi connectivity index (χ1n) is 3.52. The first kappa shape index (κ1) is 12.0. The van der Waals surface area contributed by atoms with E-state index in [4.69, 9.17) is 15.3 Å². The Hall–Kier alpha value is -2.01. The van der Waals surface area contributed by atoms with E-state index in [1.807, 2.05) is 0 Å². The summed E-state index contributed by atoms with van der Waals surface area (Å²) >= 11 is 0. The van der Waals surface area contributed by atoms with Crippen LogP contribution in [0.15, 0.2) is 24.3 Å². The maximum absolute atomic E-state index is 10.1. The van der Waals surface area contributed by atoms with Crippen molar-refractivity contribution in [2.45, 2.75) is 0 Å². The number of hydrogen-bond acceptors (Lipinski definition) is 3. The third-order valence-electron chi connectivity index (χ3n) is 1.42. The van der Waals surface area contributed by atoms with Crippen LogP contribution in [0.25, 0.3) is 6.08 Å². The second kappa shape index (κ2) is 4.88. The highest BCUT2D eigenvalue weighted by molar-refractivity contribution is 5.85. The molecule has 0 bridgehead atoms. The van der Waals surface area contributed by atoms with Crippen molar-refractivity contribution in [3.05, 3.63) is 29.8 Å². The average molecular weight is 196 g/mol. The van der Waals surface area contributed by atoms with Crippen LogP contribution in [0.4, 0.5) is 0 Å². The smallest absolute Gasteiger partial charge is 0.328 e. The minimum absolute atomic E-state index is 0. The van der Waals surface area contributed by atoms with E-state index in [0.29, 0.717) is 5.56 Å². The highest BCUT2D eigenvalue weighted by atomic mass is 16.4. The van der Waals surface area contributed by atoms with Gasteiger partial charge in [-0.1, -0.05) is 6.07 Å². The summed E-state index contributed by atoms with van der Waals surface area (Å²) in [7, 11) is 0. The van der Waals surface area contributed by atoms with Crippen molar-refractivity contribution in [2.75, 3.05) is 0 Å². The van der Waals surface area contributed by atoms with Gasteiger partial charge in [0.05, 0.1) is 0 Å². The summed E-state index contributed by atoms with van der Waals surface area (Å²) in [5, 5.41) is 26.3. The molecule has 14 heavy (non-hydrogen) atoms. The van der Waals surface area contributed by atoms with Crippen LogP contribution in [0.5, 0.6) is 11.5 Å². The van der Waals surface area contributed by atoms with Gasteiger partial charge in [-0.3, -0.25) is 0 Å². The van der Waals surface area contributed by atoms with E-state index in [1.54, 1.807) is 0 Å². The summed E-state index contributed by atoms with van der Waals surface area (Å²) in [5.41, 5.74) is 0.512. The van der Waals surface area contributed by atoms with Gasteiger partial charge in [-0.25, -0.2) is 4.79 Å². The average Bonchev–Trinajstić information content (AvgIpc) is 2.07. The van der Waals surface area contributed by atoms with Gasteiger partial charge in [-0.15, -0.1) is 0 Å². The summed E-state index contributed by atoms with van der Waals surface area (Å²) < 4.78 is 0. The molecule has 0 aliphatic heterocycles. The largest absolute Gasteiger partial charge is 0.504 e. The molecule has 1 aromatic rings. The maximum atomic E-state index is 10.1. The van der Waals surface area contributed by atoms with Crippen molar-refractivity contribution in [1.82, 2.24) is 0 Å². The zero-order valence-electron chi connectivity index (χ0n) is 7.04. The van der Waals surface area contributed by atoms with E-state index in [-0.39, 0.29) is 17.0 Å². The summed E-state index contributed by atoms with van der Waals surface area (Å²) in [5.74, 6) is -1.56. The van der Waals surface area contributed by atoms with E-state index >= 15 is 0 Å². The van der Waals surface area contributed by atoms with E-state index in [1.165, 1.54) is 24.3 Å². The fourth-order valence-corrected chi connectivity index (χ4v) is 0.812. The Bertz CT molecular complexity index is 356. The number of phenols is 2. The van der Waals surface area contributed by atoms with Crippen molar-refractivity contribution in [2.24, 2.45) is 0 Å². The van der Waals surface area contributed by atoms with Crippen LogP contribution in [0.1, 0.15) is 5.56 Å². The normalized spacial score (nSPS) is 9.71. The van der Waals surface area contributed by atoms with Crippen molar-refractivity contribution in [1.29, 1.82) is 0 Å². The molecular formula is C9H8O5. The predicted octanol–water partition coefficient (Wildman–Crippen LogP) is 1.08. The van der Waals surface area contributed by atoms with Crippen LogP contribution in [0.2, 0.25) is 0 Å². The fourth-order valence-electron chi connectivity index (χ4n) is 0.812. The molecule has 1 rings (SSSR count). The molecule has 0 heterocycles. The van der Waals surface area contributed by atoms with Gasteiger partial charge in [0.2, 0.25) is 0 Å². The molecule has 0 aliphatic rings. The Morgan fingerprint density at radius 3 is 2.36 bits per heavy atom. The molecule has 0 aromatic heterocycles. The second-order valence-electron chi connectivity index (χ2n) is 2.42. The van der Waals surface area contributed by atoms with Crippen molar-refractivity contribution in [3.8, 4) is 11.5 Å². The van der Waals surface area contributed by atoms with Gasteiger partial charge in [-0.2, -0.15) is 0 Å². The lowest BCUT2D eigenvalue weighted by atomic mass is 10.2. The highest BCUT2D eigenvalue weighted by Gasteiger charge is 1.97. The van der Waals surface area contributed by atoms with E-state index in [0.717, 1.165) is 6.08 Å². The van der Waals surface area contributed by atoms with Gasteiger partial charge in [0.25, 0.3) is 0 Å². The molecule has 5 heteroatoms. The van der Waals surface area contributed by atoms with Crippen LogP contribution in [0.3, 0.4) is 0 Å².